The standard InChI is InChI=1S/C23H27N3O4S/c1-5-25(6-2)13-14-26(21(27)17-9-7-8-10-18(17)22(28)30-4)23-24-19-12-11-16(29-3)15-20(19)31-23/h7-12,15H,5-6,13-14H2,1-4H3. The first-order chi connectivity index (χ1) is 15.0. The summed E-state index contributed by atoms with van der Waals surface area (Å²) in [6.45, 7) is 7.09. The highest BCUT2D eigenvalue weighted by molar-refractivity contribution is 7.22. The molecule has 0 radical (unpaired) electrons. The van der Waals surface area contributed by atoms with Gasteiger partial charge >= 0.3 is 5.97 Å². The van der Waals surface area contributed by atoms with Gasteiger partial charge in [-0.25, -0.2) is 9.78 Å². The number of rotatable bonds is 9. The number of thiazole rings is 1. The van der Waals surface area contributed by atoms with Crippen molar-refractivity contribution in [2.75, 3.05) is 45.3 Å². The molecular weight excluding hydrogens is 414 g/mol. The van der Waals surface area contributed by atoms with Crippen molar-refractivity contribution in [2.24, 2.45) is 0 Å². The number of anilines is 1. The maximum Gasteiger partial charge on any atom is 0.338 e. The van der Waals surface area contributed by atoms with Crippen molar-refractivity contribution in [3.05, 3.63) is 53.6 Å². The zero-order valence-electron chi connectivity index (χ0n) is 18.3. The number of carbonyl (C=O) groups excluding carboxylic acids is 2. The summed E-state index contributed by atoms with van der Waals surface area (Å²) in [5.74, 6) is -0.0828. The maximum atomic E-state index is 13.6. The highest BCUT2D eigenvalue weighted by Crippen LogP contribution is 2.32. The molecule has 2 aromatic carbocycles. The molecule has 0 bridgehead atoms. The second kappa shape index (κ2) is 10.4. The average Bonchev–Trinajstić information content (AvgIpc) is 3.23. The third kappa shape index (κ3) is 5.03. The summed E-state index contributed by atoms with van der Waals surface area (Å²) in [4.78, 5) is 34.4. The van der Waals surface area contributed by atoms with Crippen molar-refractivity contribution in [1.82, 2.24) is 9.88 Å². The molecule has 7 nitrogen and oxygen atoms in total. The van der Waals surface area contributed by atoms with Crippen LogP contribution in [0.25, 0.3) is 10.2 Å². The maximum absolute atomic E-state index is 13.6. The van der Waals surface area contributed by atoms with E-state index in [0.717, 1.165) is 29.1 Å². The van der Waals surface area contributed by atoms with Crippen molar-refractivity contribution in [2.45, 2.75) is 13.8 Å². The van der Waals surface area contributed by atoms with E-state index in [4.69, 9.17) is 14.5 Å². The molecule has 1 amide bonds. The lowest BCUT2D eigenvalue weighted by molar-refractivity contribution is 0.0597. The highest BCUT2D eigenvalue weighted by atomic mass is 32.1. The summed E-state index contributed by atoms with van der Waals surface area (Å²) in [5, 5.41) is 0.583. The molecule has 0 N–H and O–H groups in total. The first-order valence-corrected chi connectivity index (χ1v) is 11.0. The molecule has 0 aliphatic heterocycles. The van der Waals surface area contributed by atoms with Gasteiger partial charge < -0.3 is 14.4 Å². The second-order valence-corrected chi connectivity index (χ2v) is 7.86. The van der Waals surface area contributed by atoms with Crippen LogP contribution in [0, 0.1) is 0 Å². The molecule has 3 rings (SSSR count). The molecule has 164 valence electrons. The SMILES string of the molecule is CCN(CC)CCN(C(=O)c1ccccc1C(=O)OC)c1nc2ccc(OC)cc2s1. The molecule has 0 saturated heterocycles. The minimum atomic E-state index is -0.540. The highest BCUT2D eigenvalue weighted by Gasteiger charge is 2.26. The van der Waals surface area contributed by atoms with Crippen LogP contribution in [-0.4, -0.2) is 62.2 Å². The van der Waals surface area contributed by atoms with Crippen molar-refractivity contribution >= 4 is 38.6 Å². The lowest BCUT2D eigenvalue weighted by atomic mass is 10.1. The molecule has 0 spiro atoms. The molecule has 0 unspecified atom stereocenters. The number of amides is 1. The first-order valence-electron chi connectivity index (χ1n) is 10.2. The van der Waals surface area contributed by atoms with Crippen LogP contribution >= 0.6 is 11.3 Å². The monoisotopic (exact) mass is 441 g/mol. The third-order valence-corrected chi connectivity index (χ3v) is 6.20. The minimum absolute atomic E-state index is 0.241. The summed E-state index contributed by atoms with van der Waals surface area (Å²) in [5.41, 5.74) is 1.33. The van der Waals surface area contributed by atoms with E-state index in [1.165, 1.54) is 18.4 Å². The van der Waals surface area contributed by atoms with Gasteiger partial charge in [0.2, 0.25) is 0 Å². The average molecular weight is 442 g/mol. The second-order valence-electron chi connectivity index (χ2n) is 6.85. The van der Waals surface area contributed by atoms with Crippen LogP contribution < -0.4 is 9.64 Å². The van der Waals surface area contributed by atoms with E-state index >= 15 is 0 Å². The van der Waals surface area contributed by atoms with Crippen molar-refractivity contribution in [3.63, 3.8) is 0 Å². The Hall–Kier alpha value is -2.97. The van der Waals surface area contributed by atoms with Gasteiger partial charge in [-0.2, -0.15) is 0 Å². The van der Waals surface area contributed by atoms with E-state index in [2.05, 4.69) is 18.7 Å². The van der Waals surface area contributed by atoms with Gasteiger partial charge in [-0.05, 0) is 43.4 Å². The summed E-state index contributed by atoms with van der Waals surface area (Å²) < 4.78 is 11.1. The van der Waals surface area contributed by atoms with Gasteiger partial charge in [0.05, 0.1) is 35.6 Å². The fourth-order valence-corrected chi connectivity index (χ4v) is 4.32. The van der Waals surface area contributed by atoms with Crippen LogP contribution in [0.1, 0.15) is 34.6 Å². The zero-order chi connectivity index (χ0) is 22.4. The molecule has 3 aromatic rings. The number of ether oxygens (including phenoxy) is 2. The van der Waals surface area contributed by atoms with Crippen LogP contribution in [-0.2, 0) is 4.74 Å². The van der Waals surface area contributed by atoms with Crippen LogP contribution in [0.5, 0.6) is 5.75 Å². The van der Waals surface area contributed by atoms with Crippen molar-refractivity contribution in [1.29, 1.82) is 0 Å². The molecule has 31 heavy (non-hydrogen) atoms. The normalized spacial score (nSPS) is 11.0. The number of esters is 1. The number of fused-ring (bicyclic) bond motifs is 1. The van der Waals surface area contributed by atoms with Crippen molar-refractivity contribution < 1.29 is 19.1 Å². The molecule has 0 fully saturated rings. The van der Waals surface area contributed by atoms with E-state index in [1.807, 2.05) is 18.2 Å². The summed E-state index contributed by atoms with van der Waals surface area (Å²) in [7, 11) is 2.93. The van der Waals surface area contributed by atoms with E-state index in [1.54, 1.807) is 36.3 Å². The Morgan fingerprint density at radius 1 is 1.00 bits per heavy atom. The summed E-state index contributed by atoms with van der Waals surface area (Å²) in [6.07, 6.45) is 0. The van der Waals surface area contributed by atoms with E-state index in [-0.39, 0.29) is 11.5 Å². The molecular formula is C23H27N3O4S. The van der Waals surface area contributed by atoms with Crippen LogP contribution in [0.2, 0.25) is 0 Å². The number of aromatic nitrogens is 1. The Balaban J connectivity index is 2.03. The van der Waals surface area contributed by atoms with Crippen LogP contribution in [0.4, 0.5) is 5.13 Å². The minimum Gasteiger partial charge on any atom is -0.497 e. The first kappa shape index (κ1) is 22.7. The quantitative estimate of drug-likeness (QED) is 0.466. The van der Waals surface area contributed by atoms with Gasteiger partial charge in [0.1, 0.15) is 5.75 Å². The van der Waals surface area contributed by atoms with Crippen LogP contribution in [0.3, 0.4) is 0 Å². The van der Waals surface area contributed by atoms with Gasteiger partial charge in [0.25, 0.3) is 5.91 Å². The molecule has 0 saturated carbocycles. The number of benzene rings is 2. The lowest BCUT2D eigenvalue weighted by Gasteiger charge is -2.25. The van der Waals surface area contributed by atoms with Crippen molar-refractivity contribution in [3.8, 4) is 5.75 Å². The van der Waals surface area contributed by atoms with E-state index < -0.39 is 5.97 Å². The summed E-state index contributed by atoms with van der Waals surface area (Å²) in [6, 6.07) is 12.3. The number of methoxy groups -OCH3 is 2. The molecule has 1 aromatic heterocycles. The zero-order valence-corrected chi connectivity index (χ0v) is 19.1. The Bertz CT molecular complexity index is 1060. The molecule has 0 aliphatic carbocycles. The Kier molecular flexibility index (Phi) is 7.59. The number of nitrogens with zero attached hydrogens (tertiary/aromatic N) is 3. The van der Waals surface area contributed by atoms with Crippen LogP contribution in [0.15, 0.2) is 42.5 Å². The Morgan fingerprint density at radius 3 is 2.35 bits per heavy atom. The van der Waals surface area contributed by atoms with Gasteiger partial charge in [-0.15, -0.1) is 0 Å². The van der Waals surface area contributed by atoms with Gasteiger partial charge in [0.15, 0.2) is 5.13 Å². The fraction of sp³-hybridized carbons (Fsp3) is 0.348. The predicted octanol–water partition coefficient (Wildman–Crippen LogP) is 4.08. The number of likely N-dealkylation sites (N-methyl/N-ethyl adjacent to an activating group) is 1. The fourth-order valence-electron chi connectivity index (χ4n) is 3.30. The third-order valence-electron chi connectivity index (χ3n) is 5.16. The predicted molar refractivity (Wildman–Crippen MR) is 123 cm³/mol. The molecule has 0 aliphatic rings. The molecule has 0 atom stereocenters. The smallest absolute Gasteiger partial charge is 0.338 e. The van der Waals surface area contributed by atoms with Gasteiger partial charge in [-0.3, -0.25) is 9.69 Å². The lowest BCUT2D eigenvalue weighted by Crippen LogP contribution is -2.39. The Morgan fingerprint density at radius 2 is 1.71 bits per heavy atom. The largest absolute Gasteiger partial charge is 0.497 e. The topological polar surface area (TPSA) is 72.0 Å². The Labute approximate surface area is 186 Å². The molecule has 8 heteroatoms. The van der Waals surface area contributed by atoms with Gasteiger partial charge in [0, 0.05) is 13.1 Å². The summed E-state index contributed by atoms with van der Waals surface area (Å²) >= 11 is 1.42. The van der Waals surface area contributed by atoms with E-state index in [9.17, 15) is 9.59 Å². The van der Waals surface area contributed by atoms with Gasteiger partial charge in [-0.1, -0.05) is 37.3 Å². The number of carbonyl (C=O) groups is 2. The number of hydrogen-bond donors (Lipinski definition) is 0. The molecule has 1 heterocycles. The number of hydrogen-bond acceptors (Lipinski definition) is 7. The van der Waals surface area contributed by atoms with E-state index in [0.29, 0.717) is 23.8 Å².